The van der Waals surface area contributed by atoms with Crippen molar-refractivity contribution in [1.29, 1.82) is 0 Å². The number of sulfonamides is 1. The standard InChI is InChI=1S/C11H13ClN3O6PS2/c12-5-6-21-9-3-1-8(2-4-9)10-14-15-11(23-10)24(19,20)13-7-22(16,17)18/h1-4,13H,5-7H2,(H2,16,17,18). The van der Waals surface area contributed by atoms with Crippen LogP contribution in [0, 0.1) is 0 Å². The van der Waals surface area contributed by atoms with E-state index < -0.39 is 23.9 Å². The first-order valence-electron chi connectivity index (χ1n) is 6.38. The average molecular weight is 414 g/mol. The molecule has 0 saturated carbocycles. The first-order chi connectivity index (χ1) is 11.2. The average Bonchev–Trinajstić information content (AvgIpc) is 3.02. The van der Waals surface area contributed by atoms with E-state index in [1.807, 2.05) is 0 Å². The van der Waals surface area contributed by atoms with E-state index in [4.69, 9.17) is 26.1 Å². The van der Waals surface area contributed by atoms with Crippen molar-refractivity contribution < 1.29 is 27.5 Å². The van der Waals surface area contributed by atoms with Gasteiger partial charge in [0.2, 0.25) is 4.34 Å². The van der Waals surface area contributed by atoms with Gasteiger partial charge < -0.3 is 14.5 Å². The van der Waals surface area contributed by atoms with Gasteiger partial charge in [0.1, 0.15) is 23.6 Å². The van der Waals surface area contributed by atoms with Gasteiger partial charge >= 0.3 is 7.60 Å². The third-order valence-electron chi connectivity index (χ3n) is 2.54. The van der Waals surface area contributed by atoms with Crippen LogP contribution in [0.5, 0.6) is 5.75 Å². The van der Waals surface area contributed by atoms with Crippen molar-refractivity contribution in [1.82, 2.24) is 14.9 Å². The molecule has 0 bridgehead atoms. The molecule has 24 heavy (non-hydrogen) atoms. The zero-order valence-corrected chi connectivity index (χ0v) is 15.3. The Balaban J connectivity index is 2.13. The maximum Gasteiger partial charge on any atom is 0.340 e. The quantitative estimate of drug-likeness (QED) is 0.434. The molecule has 132 valence electrons. The molecule has 9 nitrogen and oxygen atoms in total. The largest absolute Gasteiger partial charge is 0.492 e. The summed E-state index contributed by atoms with van der Waals surface area (Å²) >= 11 is 6.30. The molecular formula is C11H13ClN3O6PS2. The smallest absolute Gasteiger partial charge is 0.340 e. The van der Waals surface area contributed by atoms with Crippen molar-refractivity contribution in [3.05, 3.63) is 24.3 Å². The third kappa shape index (κ3) is 5.49. The van der Waals surface area contributed by atoms with Gasteiger partial charge in [-0.1, -0.05) is 11.3 Å². The van der Waals surface area contributed by atoms with Crippen LogP contribution < -0.4 is 9.46 Å². The number of nitrogens with one attached hydrogen (secondary N) is 1. The van der Waals surface area contributed by atoms with Crippen molar-refractivity contribution >= 4 is 40.6 Å². The summed E-state index contributed by atoms with van der Waals surface area (Å²) in [5, 5.41) is 7.68. The van der Waals surface area contributed by atoms with Crippen LogP contribution in [0.4, 0.5) is 0 Å². The minimum atomic E-state index is -4.51. The molecule has 0 amide bonds. The molecule has 3 N–H and O–H groups in total. The normalized spacial score (nSPS) is 12.3. The number of benzene rings is 1. The second kappa shape index (κ2) is 7.87. The molecule has 13 heteroatoms. The Kier molecular flexibility index (Phi) is 6.32. The van der Waals surface area contributed by atoms with Gasteiger partial charge in [-0.3, -0.25) is 4.57 Å². The van der Waals surface area contributed by atoms with E-state index in [1.165, 1.54) is 0 Å². The molecule has 1 aromatic heterocycles. The van der Waals surface area contributed by atoms with Crippen molar-refractivity contribution in [2.75, 3.05) is 18.8 Å². The molecule has 0 radical (unpaired) electrons. The van der Waals surface area contributed by atoms with Crippen LogP contribution in [0.3, 0.4) is 0 Å². The summed E-state index contributed by atoms with van der Waals surface area (Å²) < 4.78 is 41.3. The topological polar surface area (TPSA) is 139 Å². The lowest BCUT2D eigenvalue weighted by molar-refractivity contribution is 0.343. The SMILES string of the molecule is O=P(O)(O)CNS(=O)(=O)c1nnc(-c2ccc(OCCCl)cc2)s1. The van der Waals surface area contributed by atoms with Gasteiger partial charge in [0.05, 0.1) is 5.88 Å². The van der Waals surface area contributed by atoms with E-state index in [0.29, 0.717) is 28.8 Å². The predicted molar refractivity (Wildman–Crippen MR) is 88.8 cm³/mol. The molecule has 0 spiro atoms. The molecule has 2 rings (SSSR count). The van der Waals surface area contributed by atoms with Crippen LogP contribution >= 0.6 is 30.5 Å². The van der Waals surface area contributed by atoms with Crippen LogP contribution in [0.2, 0.25) is 0 Å². The fourth-order valence-electron chi connectivity index (χ4n) is 1.52. The maximum absolute atomic E-state index is 11.9. The molecule has 0 unspecified atom stereocenters. The summed E-state index contributed by atoms with van der Waals surface area (Å²) in [5.74, 6) is 0.973. The van der Waals surface area contributed by atoms with Crippen molar-refractivity contribution in [3.8, 4) is 16.3 Å². The summed E-state index contributed by atoms with van der Waals surface area (Å²) in [7, 11) is -8.64. The molecule has 0 saturated heterocycles. The van der Waals surface area contributed by atoms with Crippen LogP contribution in [-0.4, -0.2) is 47.2 Å². The number of hydrogen-bond donors (Lipinski definition) is 3. The summed E-state index contributed by atoms with van der Waals surface area (Å²) in [6.07, 6.45) is -1.00. The predicted octanol–water partition coefficient (Wildman–Crippen LogP) is 1.24. The number of alkyl halides is 1. The summed E-state index contributed by atoms with van der Waals surface area (Å²) in [6.45, 7) is 0.368. The molecular weight excluding hydrogens is 401 g/mol. The van der Waals surface area contributed by atoms with Crippen LogP contribution in [0.15, 0.2) is 28.6 Å². The molecule has 0 aliphatic heterocycles. The highest BCUT2D eigenvalue weighted by Gasteiger charge is 2.24. The summed E-state index contributed by atoms with van der Waals surface area (Å²) in [5.41, 5.74) is 0.627. The highest BCUT2D eigenvalue weighted by molar-refractivity contribution is 7.91. The minimum Gasteiger partial charge on any atom is -0.492 e. The lowest BCUT2D eigenvalue weighted by Crippen LogP contribution is -2.24. The molecule has 1 aromatic carbocycles. The lowest BCUT2D eigenvalue weighted by atomic mass is 10.2. The first kappa shape index (κ1) is 19.3. The fraction of sp³-hybridized carbons (Fsp3) is 0.273. The number of halogens is 1. The second-order valence-electron chi connectivity index (χ2n) is 4.41. The maximum atomic E-state index is 11.9. The fourth-order valence-corrected chi connectivity index (χ4v) is 4.65. The van der Waals surface area contributed by atoms with Gasteiger partial charge in [-0.05, 0) is 24.3 Å². The van der Waals surface area contributed by atoms with E-state index in [0.717, 1.165) is 11.3 Å². The van der Waals surface area contributed by atoms with Gasteiger partial charge in [-0.25, -0.2) is 8.42 Å². The van der Waals surface area contributed by atoms with Gasteiger partial charge in [0.15, 0.2) is 0 Å². The van der Waals surface area contributed by atoms with Crippen LogP contribution in [-0.2, 0) is 14.6 Å². The monoisotopic (exact) mass is 413 g/mol. The van der Waals surface area contributed by atoms with Crippen molar-refractivity contribution in [2.45, 2.75) is 4.34 Å². The molecule has 0 fully saturated rings. The zero-order chi connectivity index (χ0) is 17.8. The van der Waals surface area contributed by atoms with Crippen LogP contribution in [0.1, 0.15) is 0 Å². The van der Waals surface area contributed by atoms with E-state index in [1.54, 1.807) is 29.0 Å². The number of ether oxygens (including phenoxy) is 1. The molecule has 2 aromatic rings. The van der Waals surface area contributed by atoms with Crippen molar-refractivity contribution in [3.63, 3.8) is 0 Å². The van der Waals surface area contributed by atoms with Crippen molar-refractivity contribution in [2.24, 2.45) is 0 Å². The van der Waals surface area contributed by atoms with Crippen LogP contribution in [0.25, 0.3) is 10.6 Å². The van der Waals surface area contributed by atoms with E-state index in [9.17, 15) is 13.0 Å². The Labute approximate surface area is 146 Å². The molecule has 0 aliphatic carbocycles. The van der Waals surface area contributed by atoms with E-state index in [-0.39, 0.29) is 4.34 Å². The first-order valence-corrected chi connectivity index (χ1v) is 11.0. The minimum absolute atomic E-state index is 0.343. The Bertz CT molecular complexity index is 836. The third-order valence-corrected chi connectivity index (χ3v) is 6.22. The lowest BCUT2D eigenvalue weighted by Gasteiger charge is -2.04. The van der Waals surface area contributed by atoms with Gasteiger partial charge in [-0.2, -0.15) is 4.72 Å². The number of aromatic nitrogens is 2. The molecule has 1 heterocycles. The Morgan fingerprint density at radius 1 is 1.25 bits per heavy atom. The number of rotatable bonds is 8. The zero-order valence-electron chi connectivity index (χ0n) is 12.0. The van der Waals surface area contributed by atoms with Gasteiger partial charge in [-0.15, -0.1) is 21.8 Å². The van der Waals surface area contributed by atoms with Gasteiger partial charge in [0, 0.05) is 5.56 Å². The van der Waals surface area contributed by atoms with E-state index >= 15 is 0 Å². The Morgan fingerprint density at radius 2 is 1.92 bits per heavy atom. The number of nitrogens with zero attached hydrogens (tertiary/aromatic N) is 2. The number of hydrogen-bond acceptors (Lipinski definition) is 7. The molecule has 0 aliphatic rings. The summed E-state index contributed by atoms with van der Waals surface area (Å²) in [4.78, 5) is 17.5. The Hall–Kier alpha value is -1.07. The molecule has 0 atom stereocenters. The highest BCUT2D eigenvalue weighted by Crippen LogP contribution is 2.33. The Morgan fingerprint density at radius 3 is 2.50 bits per heavy atom. The summed E-state index contributed by atoms with van der Waals surface area (Å²) in [6, 6.07) is 6.74. The van der Waals surface area contributed by atoms with Gasteiger partial charge in [0.25, 0.3) is 10.0 Å². The van der Waals surface area contributed by atoms with E-state index in [2.05, 4.69) is 10.2 Å². The highest BCUT2D eigenvalue weighted by atomic mass is 35.5. The second-order valence-corrected chi connectivity index (χ2v) is 9.35.